The fourth-order valence-electron chi connectivity index (χ4n) is 4.44. The third-order valence-corrected chi connectivity index (χ3v) is 6.14. The van der Waals surface area contributed by atoms with E-state index in [9.17, 15) is 18.8 Å². The summed E-state index contributed by atoms with van der Waals surface area (Å²) in [5.74, 6) is -1.03. The van der Waals surface area contributed by atoms with Crippen molar-refractivity contribution in [1.29, 1.82) is 0 Å². The number of hydrogen-bond acceptors (Lipinski definition) is 4. The van der Waals surface area contributed by atoms with Gasteiger partial charge in [-0.25, -0.2) is 4.39 Å². The van der Waals surface area contributed by atoms with Crippen molar-refractivity contribution >= 4 is 29.1 Å². The molecule has 168 valence electrons. The molecule has 1 saturated heterocycles. The Hall–Kier alpha value is -4.01. The second-order valence-corrected chi connectivity index (χ2v) is 8.31. The van der Waals surface area contributed by atoms with Crippen LogP contribution in [-0.4, -0.2) is 45.4 Å². The number of carbonyl (C=O) groups is 3. The molecule has 0 spiro atoms. The van der Waals surface area contributed by atoms with Gasteiger partial charge < -0.3 is 15.5 Å². The lowest BCUT2D eigenvalue weighted by atomic mass is 10.0. The zero-order valence-corrected chi connectivity index (χ0v) is 17.9. The number of halogens is 1. The van der Waals surface area contributed by atoms with E-state index in [2.05, 4.69) is 20.8 Å². The second kappa shape index (κ2) is 8.16. The van der Waals surface area contributed by atoms with E-state index in [1.807, 2.05) is 6.92 Å². The quantitative estimate of drug-likeness (QED) is 0.571. The summed E-state index contributed by atoms with van der Waals surface area (Å²) in [5.41, 5.74) is 4.00. The highest BCUT2D eigenvalue weighted by atomic mass is 19.1. The first kappa shape index (κ1) is 20.9. The van der Waals surface area contributed by atoms with E-state index in [1.54, 1.807) is 35.2 Å². The molecule has 3 amide bonds. The Bertz CT molecular complexity index is 1270. The Morgan fingerprint density at radius 2 is 2.00 bits per heavy atom. The minimum Gasteiger partial charge on any atom is -0.327 e. The van der Waals surface area contributed by atoms with Gasteiger partial charge in [0, 0.05) is 29.1 Å². The lowest BCUT2D eigenvalue weighted by Gasteiger charge is -2.20. The van der Waals surface area contributed by atoms with Crippen molar-refractivity contribution in [2.45, 2.75) is 32.2 Å². The van der Waals surface area contributed by atoms with Crippen molar-refractivity contribution in [3.05, 3.63) is 65.1 Å². The molecular weight excluding hydrogens is 425 g/mol. The van der Waals surface area contributed by atoms with Crippen LogP contribution in [0.5, 0.6) is 0 Å². The number of nitrogens with one attached hydrogen (secondary N) is 3. The van der Waals surface area contributed by atoms with Gasteiger partial charge in [0.25, 0.3) is 5.91 Å². The molecule has 0 saturated carbocycles. The van der Waals surface area contributed by atoms with Crippen molar-refractivity contribution in [1.82, 2.24) is 15.1 Å². The average molecular weight is 447 g/mol. The largest absolute Gasteiger partial charge is 0.327 e. The average Bonchev–Trinajstić information content (AvgIpc) is 3.40. The number of aryl methyl sites for hydroxylation is 1. The third kappa shape index (κ3) is 3.86. The van der Waals surface area contributed by atoms with Crippen molar-refractivity contribution in [2.24, 2.45) is 0 Å². The van der Waals surface area contributed by atoms with Gasteiger partial charge in [-0.15, -0.1) is 0 Å². The van der Waals surface area contributed by atoms with Gasteiger partial charge in [0.05, 0.1) is 23.4 Å². The number of fused-ring (bicyclic) bond motifs is 2. The van der Waals surface area contributed by atoms with E-state index in [1.165, 1.54) is 12.1 Å². The van der Waals surface area contributed by atoms with E-state index in [0.717, 1.165) is 12.1 Å². The van der Waals surface area contributed by atoms with Gasteiger partial charge in [-0.1, -0.05) is 0 Å². The fraction of sp³-hybridized carbons (Fsp3) is 0.250. The van der Waals surface area contributed by atoms with E-state index < -0.39 is 6.04 Å². The number of carbonyl (C=O) groups excluding carboxylic acids is 3. The molecule has 0 bridgehead atoms. The summed E-state index contributed by atoms with van der Waals surface area (Å²) in [6.07, 6.45) is 1.48. The molecule has 3 aromatic rings. The second-order valence-electron chi connectivity index (χ2n) is 8.31. The number of anilines is 2. The smallest absolute Gasteiger partial charge is 0.256 e. The van der Waals surface area contributed by atoms with Crippen molar-refractivity contribution in [3.8, 4) is 11.3 Å². The predicted molar refractivity (Wildman–Crippen MR) is 120 cm³/mol. The summed E-state index contributed by atoms with van der Waals surface area (Å²) in [6, 6.07) is 10.4. The van der Waals surface area contributed by atoms with Gasteiger partial charge in [-0.3, -0.25) is 19.5 Å². The lowest BCUT2D eigenvalue weighted by Crippen LogP contribution is -2.40. The first-order chi connectivity index (χ1) is 15.9. The number of nitrogens with zero attached hydrogens (tertiary/aromatic N) is 2. The molecule has 2 aromatic carbocycles. The first-order valence-corrected chi connectivity index (χ1v) is 10.8. The Labute approximate surface area is 189 Å². The Kier molecular flexibility index (Phi) is 5.16. The number of benzene rings is 2. The Morgan fingerprint density at radius 1 is 1.21 bits per heavy atom. The molecule has 5 rings (SSSR count). The maximum atomic E-state index is 13.3. The summed E-state index contributed by atoms with van der Waals surface area (Å²) in [6.45, 7) is 2.36. The van der Waals surface area contributed by atoms with Gasteiger partial charge in [0.1, 0.15) is 11.9 Å². The van der Waals surface area contributed by atoms with Crippen LogP contribution in [0.25, 0.3) is 11.3 Å². The zero-order chi connectivity index (χ0) is 23.1. The zero-order valence-electron chi connectivity index (χ0n) is 17.9. The number of amides is 3. The molecule has 2 aliphatic heterocycles. The summed E-state index contributed by atoms with van der Waals surface area (Å²) in [5, 5.41) is 12.8. The molecule has 0 aliphatic carbocycles. The molecule has 1 aromatic heterocycles. The maximum absolute atomic E-state index is 13.3. The molecule has 0 radical (unpaired) electrons. The summed E-state index contributed by atoms with van der Waals surface area (Å²) >= 11 is 0. The molecule has 8 nitrogen and oxygen atoms in total. The van der Waals surface area contributed by atoms with Crippen LogP contribution >= 0.6 is 0 Å². The van der Waals surface area contributed by atoms with Crippen molar-refractivity contribution in [2.75, 3.05) is 17.2 Å². The number of H-pyrrole nitrogens is 1. The predicted octanol–water partition coefficient (Wildman–Crippen LogP) is 3.26. The number of aromatic amines is 1. The summed E-state index contributed by atoms with van der Waals surface area (Å²) < 4.78 is 13.3. The monoisotopic (exact) mass is 447 g/mol. The van der Waals surface area contributed by atoms with Gasteiger partial charge in [0.15, 0.2) is 0 Å². The van der Waals surface area contributed by atoms with Crippen LogP contribution in [0, 0.1) is 12.7 Å². The molecule has 1 fully saturated rings. The number of rotatable bonds is 4. The summed E-state index contributed by atoms with van der Waals surface area (Å²) in [4.78, 5) is 39.9. The van der Waals surface area contributed by atoms with E-state index >= 15 is 0 Å². The minimum absolute atomic E-state index is 0.0466. The van der Waals surface area contributed by atoms with E-state index in [4.69, 9.17) is 0 Å². The Morgan fingerprint density at radius 3 is 2.79 bits per heavy atom. The third-order valence-electron chi connectivity index (χ3n) is 6.14. The van der Waals surface area contributed by atoms with Crippen LogP contribution in [0.15, 0.2) is 42.5 Å². The molecule has 9 heteroatoms. The highest BCUT2D eigenvalue weighted by Gasteiger charge is 2.38. The highest BCUT2D eigenvalue weighted by Crippen LogP contribution is 2.31. The van der Waals surface area contributed by atoms with Gasteiger partial charge in [-0.05, 0) is 62.2 Å². The van der Waals surface area contributed by atoms with Crippen LogP contribution in [0.4, 0.5) is 15.8 Å². The molecule has 3 N–H and O–H groups in total. The van der Waals surface area contributed by atoms with Crippen LogP contribution < -0.4 is 10.6 Å². The normalized spacial score (nSPS) is 17.3. The first-order valence-electron chi connectivity index (χ1n) is 10.8. The van der Waals surface area contributed by atoms with Crippen molar-refractivity contribution < 1.29 is 18.8 Å². The SMILES string of the molecule is Cc1[nH]nc(-c2ccc(F)cc2)c1CC(=O)Nc1ccc2c(c1)C(=O)N1CCC[C@H]1C(=O)N2. The summed E-state index contributed by atoms with van der Waals surface area (Å²) in [7, 11) is 0. The molecule has 0 unspecified atom stereocenters. The highest BCUT2D eigenvalue weighted by molar-refractivity contribution is 6.11. The van der Waals surface area contributed by atoms with E-state index in [0.29, 0.717) is 46.7 Å². The van der Waals surface area contributed by atoms with E-state index in [-0.39, 0.29) is 30.0 Å². The van der Waals surface area contributed by atoms with Crippen LogP contribution in [-0.2, 0) is 16.0 Å². The molecule has 2 aliphatic rings. The van der Waals surface area contributed by atoms with Crippen LogP contribution in [0.2, 0.25) is 0 Å². The van der Waals surface area contributed by atoms with Crippen LogP contribution in [0.1, 0.15) is 34.5 Å². The molecule has 3 heterocycles. The topological polar surface area (TPSA) is 107 Å². The molecular formula is C24H22FN5O3. The number of aromatic nitrogens is 2. The minimum atomic E-state index is -0.447. The Balaban J connectivity index is 1.36. The standard InChI is InChI=1S/C24H22FN5O3/c1-13-17(22(29-28-13)14-4-6-15(25)7-5-14)12-21(31)26-16-8-9-19-18(11-16)24(33)30-10-2-3-20(30)23(32)27-19/h4-9,11,20H,2-3,10,12H2,1H3,(H,26,31)(H,27,32)(H,28,29)/t20-/m0/s1. The fourth-order valence-corrected chi connectivity index (χ4v) is 4.44. The lowest BCUT2D eigenvalue weighted by molar-refractivity contribution is -0.119. The maximum Gasteiger partial charge on any atom is 0.256 e. The number of hydrogen-bond donors (Lipinski definition) is 3. The molecule has 1 atom stereocenters. The van der Waals surface area contributed by atoms with Gasteiger partial charge in [0.2, 0.25) is 11.8 Å². The van der Waals surface area contributed by atoms with Crippen molar-refractivity contribution in [3.63, 3.8) is 0 Å². The van der Waals surface area contributed by atoms with Crippen LogP contribution in [0.3, 0.4) is 0 Å². The molecule has 33 heavy (non-hydrogen) atoms. The van der Waals surface area contributed by atoms with Gasteiger partial charge >= 0.3 is 0 Å². The van der Waals surface area contributed by atoms with Gasteiger partial charge in [-0.2, -0.15) is 5.10 Å².